The zero-order valence-corrected chi connectivity index (χ0v) is 15.6. The van der Waals surface area contributed by atoms with Gasteiger partial charge in [-0.15, -0.1) is 12.6 Å². The average molecular weight is 358 g/mol. The lowest BCUT2D eigenvalue weighted by atomic mass is 9.93. The largest absolute Gasteiger partial charge is 0.478 e. The molecule has 0 aromatic carbocycles. The van der Waals surface area contributed by atoms with Gasteiger partial charge in [0.1, 0.15) is 0 Å². The Balaban J connectivity index is 4.14. The number of unbranched alkanes of at least 4 members (excludes halogenated alkanes) is 1. The van der Waals surface area contributed by atoms with E-state index < -0.39 is 23.1 Å². The van der Waals surface area contributed by atoms with Gasteiger partial charge >= 0.3 is 5.97 Å². The third kappa shape index (κ3) is 10.6. The SMILES string of the molecule is CC(=C\C(=O)O)/C=C(\C)C[C@H](C)CCCC[C@@H](O)[C@@H](CO)C(=O)S. The van der Waals surface area contributed by atoms with Crippen molar-refractivity contribution in [3.05, 3.63) is 23.3 Å². The van der Waals surface area contributed by atoms with Crippen molar-refractivity contribution in [3.63, 3.8) is 0 Å². The zero-order valence-electron chi connectivity index (χ0n) is 14.7. The summed E-state index contributed by atoms with van der Waals surface area (Å²) in [6, 6.07) is 0. The molecule has 0 aliphatic rings. The number of rotatable bonds is 12. The Bertz CT molecular complexity index is 470. The fourth-order valence-corrected chi connectivity index (χ4v) is 3.00. The summed E-state index contributed by atoms with van der Waals surface area (Å²) in [4.78, 5) is 21.7. The van der Waals surface area contributed by atoms with Crippen LogP contribution in [0.1, 0.15) is 52.9 Å². The first kappa shape index (κ1) is 22.9. The highest BCUT2D eigenvalue weighted by molar-refractivity contribution is 7.96. The van der Waals surface area contributed by atoms with Crippen LogP contribution in [-0.4, -0.2) is 39.1 Å². The van der Waals surface area contributed by atoms with Gasteiger partial charge in [-0.2, -0.15) is 0 Å². The second-order valence-electron chi connectivity index (χ2n) is 6.51. The van der Waals surface area contributed by atoms with Crippen LogP contribution in [0, 0.1) is 11.8 Å². The highest BCUT2D eigenvalue weighted by Crippen LogP contribution is 2.20. The van der Waals surface area contributed by atoms with Crippen molar-refractivity contribution in [3.8, 4) is 0 Å². The number of aliphatic hydroxyl groups excluding tert-OH is 2. The predicted octanol–water partition coefficient (Wildman–Crippen LogP) is 2.98. The standard InChI is InChI=1S/C18H30O5S/c1-12(8-13(2)9-14(3)10-17(21)22)6-4-5-7-16(20)15(11-19)18(23)24/h9-10,12,15-16,19-20H,4-8,11H2,1-3H3,(H,21,22)(H,23,24)/b13-9+,14-10+/t12-,15-,16-/m1/s1. The molecule has 0 aromatic heterocycles. The second-order valence-corrected chi connectivity index (χ2v) is 6.95. The first-order chi connectivity index (χ1) is 11.2. The highest BCUT2D eigenvalue weighted by Gasteiger charge is 2.23. The highest BCUT2D eigenvalue weighted by atomic mass is 32.1. The number of carbonyl (C=O) groups excluding carboxylic acids is 1. The van der Waals surface area contributed by atoms with Gasteiger partial charge in [0.15, 0.2) is 5.12 Å². The van der Waals surface area contributed by atoms with Gasteiger partial charge in [-0.1, -0.05) is 37.8 Å². The number of hydrogen-bond donors (Lipinski definition) is 4. The van der Waals surface area contributed by atoms with E-state index in [1.54, 1.807) is 6.92 Å². The minimum atomic E-state index is -0.941. The zero-order chi connectivity index (χ0) is 18.7. The molecule has 0 unspecified atom stereocenters. The van der Waals surface area contributed by atoms with Gasteiger partial charge in [0.25, 0.3) is 0 Å². The molecule has 0 fully saturated rings. The number of allylic oxidation sites excluding steroid dienone is 3. The molecule has 0 aliphatic carbocycles. The quantitative estimate of drug-likeness (QED) is 0.186. The number of carbonyl (C=O) groups is 2. The van der Waals surface area contributed by atoms with Crippen LogP contribution in [0.4, 0.5) is 0 Å². The molecule has 24 heavy (non-hydrogen) atoms. The van der Waals surface area contributed by atoms with E-state index in [0.29, 0.717) is 12.3 Å². The molecular formula is C18H30O5S. The molecule has 0 heterocycles. The van der Waals surface area contributed by atoms with Crippen molar-refractivity contribution in [2.45, 2.75) is 59.0 Å². The van der Waals surface area contributed by atoms with Gasteiger partial charge in [-0.25, -0.2) is 4.79 Å². The van der Waals surface area contributed by atoms with Crippen LogP contribution < -0.4 is 0 Å². The number of hydrogen-bond acceptors (Lipinski definition) is 4. The minimum absolute atomic E-state index is 0.382. The van der Waals surface area contributed by atoms with Crippen LogP contribution in [-0.2, 0) is 9.59 Å². The molecule has 3 atom stereocenters. The van der Waals surface area contributed by atoms with E-state index in [9.17, 15) is 14.7 Å². The number of aliphatic carboxylic acids is 1. The molecule has 0 rings (SSSR count). The van der Waals surface area contributed by atoms with Crippen LogP contribution in [0.2, 0.25) is 0 Å². The fraction of sp³-hybridized carbons (Fsp3) is 0.667. The maximum atomic E-state index is 11.1. The molecule has 0 saturated heterocycles. The van der Waals surface area contributed by atoms with Crippen molar-refractivity contribution in [2.24, 2.45) is 11.8 Å². The molecule has 0 aliphatic heterocycles. The lowest BCUT2D eigenvalue weighted by Gasteiger charge is -2.18. The lowest BCUT2D eigenvalue weighted by Crippen LogP contribution is -2.28. The average Bonchev–Trinajstić information content (AvgIpc) is 2.42. The van der Waals surface area contributed by atoms with Crippen LogP contribution in [0.25, 0.3) is 0 Å². The molecule has 6 heteroatoms. The summed E-state index contributed by atoms with van der Waals surface area (Å²) in [6.07, 6.45) is 6.28. The lowest BCUT2D eigenvalue weighted by molar-refractivity contribution is -0.131. The summed E-state index contributed by atoms with van der Waals surface area (Å²) in [5.41, 5.74) is 1.86. The van der Waals surface area contributed by atoms with E-state index >= 15 is 0 Å². The topological polar surface area (TPSA) is 94.8 Å². The number of aliphatic hydroxyl groups is 2. The molecule has 0 aromatic rings. The maximum Gasteiger partial charge on any atom is 0.328 e. The van der Waals surface area contributed by atoms with E-state index in [-0.39, 0.29) is 6.61 Å². The van der Waals surface area contributed by atoms with Crippen molar-refractivity contribution in [2.75, 3.05) is 6.61 Å². The van der Waals surface area contributed by atoms with Crippen LogP contribution >= 0.6 is 12.6 Å². The molecule has 0 saturated carbocycles. The molecule has 3 N–H and O–H groups in total. The van der Waals surface area contributed by atoms with Crippen molar-refractivity contribution >= 4 is 23.7 Å². The third-order valence-electron chi connectivity index (χ3n) is 3.92. The van der Waals surface area contributed by atoms with Crippen LogP contribution in [0.3, 0.4) is 0 Å². The summed E-state index contributed by atoms with van der Waals surface area (Å²) >= 11 is 3.67. The Morgan fingerprint density at radius 3 is 2.21 bits per heavy atom. The second kappa shape index (κ2) is 12.3. The fourth-order valence-electron chi connectivity index (χ4n) is 2.75. The van der Waals surface area contributed by atoms with Crippen molar-refractivity contribution < 1.29 is 24.9 Å². The predicted molar refractivity (Wildman–Crippen MR) is 98.0 cm³/mol. The van der Waals surface area contributed by atoms with Crippen LogP contribution in [0.5, 0.6) is 0 Å². The minimum Gasteiger partial charge on any atom is -0.478 e. The van der Waals surface area contributed by atoms with Gasteiger partial charge in [-0.3, -0.25) is 4.79 Å². The maximum absolute atomic E-state index is 11.1. The van der Waals surface area contributed by atoms with Gasteiger partial charge in [0, 0.05) is 6.08 Å². The molecule has 0 radical (unpaired) electrons. The summed E-state index contributed by atoms with van der Waals surface area (Å²) < 4.78 is 0. The monoisotopic (exact) mass is 358 g/mol. The van der Waals surface area contributed by atoms with Crippen molar-refractivity contribution in [1.29, 1.82) is 0 Å². The van der Waals surface area contributed by atoms with Gasteiger partial charge in [0.05, 0.1) is 18.6 Å². The molecule has 138 valence electrons. The Kier molecular flexibility index (Phi) is 11.7. The van der Waals surface area contributed by atoms with E-state index in [1.165, 1.54) is 6.08 Å². The van der Waals surface area contributed by atoms with Crippen LogP contribution in [0.15, 0.2) is 23.3 Å². The summed E-state index contributed by atoms with van der Waals surface area (Å²) in [5.74, 6) is -1.29. The van der Waals surface area contributed by atoms with Gasteiger partial charge in [-0.05, 0) is 38.2 Å². The van der Waals surface area contributed by atoms with E-state index in [0.717, 1.165) is 36.8 Å². The molecule has 0 amide bonds. The van der Waals surface area contributed by atoms with Gasteiger partial charge in [0.2, 0.25) is 0 Å². The molecule has 0 bridgehead atoms. The number of carboxylic acid groups (broad SMARTS) is 1. The van der Waals surface area contributed by atoms with Crippen molar-refractivity contribution in [1.82, 2.24) is 0 Å². The molecule has 0 spiro atoms. The Hall–Kier alpha value is -1.11. The molecule has 5 nitrogen and oxygen atoms in total. The first-order valence-corrected chi connectivity index (χ1v) is 8.72. The Morgan fingerprint density at radius 1 is 1.12 bits per heavy atom. The Labute approximate surface area is 149 Å². The normalized spacial score (nSPS) is 16.6. The summed E-state index contributed by atoms with van der Waals surface area (Å²) in [5, 5.41) is 27.1. The third-order valence-corrected chi connectivity index (χ3v) is 4.25. The molecular weight excluding hydrogens is 328 g/mol. The summed E-state index contributed by atoms with van der Waals surface area (Å²) in [6.45, 7) is 5.51. The van der Waals surface area contributed by atoms with Gasteiger partial charge < -0.3 is 15.3 Å². The summed E-state index contributed by atoms with van der Waals surface area (Å²) in [7, 11) is 0. The first-order valence-electron chi connectivity index (χ1n) is 8.27. The van der Waals surface area contributed by atoms with E-state index in [1.807, 2.05) is 13.0 Å². The Morgan fingerprint density at radius 2 is 1.71 bits per heavy atom. The number of carboxylic acids is 1. The van der Waals surface area contributed by atoms with E-state index in [2.05, 4.69) is 19.6 Å². The van der Waals surface area contributed by atoms with E-state index in [4.69, 9.17) is 10.2 Å². The number of thiol groups is 1. The smallest absolute Gasteiger partial charge is 0.328 e.